The zero-order valence-corrected chi connectivity index (χ0v) is 11.2. The number of aromatic nitrogens is 1. The van der Waals surface area contributed by atoms with Gasteiger partial charge < -0.3 is 9.47 Å². The van der Waals surface area contributed by atoms with E-state index in [9.17, 15) is 0 Å². The summed E-state index contributed by atoms with van der Waals surface area (Å²) in [5.74, 6) is 1.60. The average molecular weight is 265 g/mol. The molecule has 1 aliphatic heterocycles. The van der Waals surface area contributed by atoms with Crippen LogP contribution in [-0.4, -0.2) is 11.8 Å². The second-order valence-corrected chi connectivity index (χ2v) is 5.68. The first-order valence-electron chi connectivity index (χ1n) is 5.22. The van der Waals surface area contributed by atoms with Gasteiger partial charge in [0.25, 0.3) is 0 Å². The van der Waals surface area contributed by atoms with Crippen LogP contribution in [0.25, 0.3) is 10.6 Å². The third-order valence-corrected chi connectivity index (χ3v) is 4.31. The largest absolute Gasteiger partial charge is 0.454 e. The quantitative estimate of drug-likeness (QED) is 0.801. The molecule has 0 saturated carbocycles. The smallest absolute Gasteiger partial charge is 0.231 e. The molecule has 0 unspecified atom stereocenters. The summed E-state index contributed by atoms with van der Waals surface area (Å²) in [5.41, 5.74) is 3.18. The highest BCUT2D eigenvalue weighted by atomic mass is 32.2. The van der Waals surface area contributed by atoms with Gasteiger partial charge in [-0.2, -0.15) is 0 Å². The Bertz CT molecular complexity index is 573. The molecule has 3 rings (SSSR count). The highest BCUT2D eigenvalue weighted by molar-refractivity contribution is 7.83. The van der Waals surface area contributed by atoms with Gasteiger partial charge in [0.15, 0.2) is 11.5 Å². The van der Waals surface area contributed by atoms with Gasteiger partial charge in [0.2, 0.25) is 6.79 Å². The van der Waals surface area contributed by atoms with E-state index in [4.69, 9.17) is 9.47 Å². The number of thiol groups is 1. The lowest BCUT2D eigenvalue weighted by atomic mass is 10.1. The zero-order valence-electron chi connectivity index (χ0n) is 9.48. The van der Waals surface area contributed by atoms with Crippen LogP contribution in [0.4, 0.5) is 0 Å². The molecule has 0 fully saturated rings. The van der Waals surface area contributed by atoms with Gasteiger partial charge in [0, 0.05) is 5.56 Å². The molecule has 88 valence electrons. The third-order valence-electron chi connectivity index (χ3n) is 2.72. The lowest BCUT2D eigenvalue weighted by Crippen LogP contribution is -1.92. The van der Waals surface area contributed by atoms with E-state index in [-0.39, 0.29) is 0 Å². The van der Waals surface area contributed by atoms with Crippen molar-refractivity contribution in [2.75, 3.05) is 6.79 Å². The van der Waals surface area contributed by atoms with Gasteiger partial charge in [-0.3, -0.25) is 0 Å². The summed E-state index contributed by atoms with van der Waals surface area (Å²) in [6.45, 7) is 4.31. The highest BCUT2D eigenvalue weighted by Crippen LogP contribution is 2.40. The van der Waals surface area contributed by atoms with Crippen molar-refractivity contribution in [3.05, 3.63) is 23.4 Å². The van der Waals surface area contributed by atoms with Crippen LogP contribution in [0.5, 0.6) is 11.5 Å². The summed E-state index contributed by atoms with van der Waals surface area (Å²) in [5, 5.41) is 0.975. The van der Waals surface area contributed by atoms with E-state index in [1.54, 1.807) is 11.3 Å². The molecule has 0 atom stereocenters. The Kier molecular flexibility index (Phi) is 2.52. The normalized spacial score (nSPS) is 13.1. The van der Waals surface area contributed by atoms with Crippen molar-refractivity contribution in [1.29, 1.82) is 0 Å². The molecule has 0 aliphatic carbocycles. The van der Waals surface area contributed by atoms with Crippen molar-refractivity contribution in [3.63, 3.8) is 0 Å². The Morgan fingerprint density at radius 1 is 1.24 bits per heavy atom. The molecule has 0 spiro atoms. The minimum absolute atomic E-state index is 0.299. The van der Waals surface area contributed by atoms with Gasteiger partial charge >= 0.3 is 0 Å². The van der Waals surface area contributed by atoms with Gasteiger partial charge in [0.1, 0.15) is 5.01 Å². The predicted molar refractivity (Wildman–Crippen MR) is 70.4 cm³/mol. The summed E-state index contributed by atoms with van der Waals surface area (Å²) in [7, 11) is 0. The van der Waals surface area contributed by atoms with Crippen molar-refractivity contribution < 1.29 is 9.47 Å². The van der Waals surface area contributed by atoms with Crippen molar-refractivity contribution in [2.45, 2.75) is 18.1 Å². The highest BCUT2D eigenvalue weighted by Gasteiger charge is 2.18. The maximum absolute atomic E-state index is 5.39. The number of fused-ring (bicyclic) bond motifs is 1. The lowest BCUT2D eigenvalue weighted by molar-refractivity contribution is 0.174. The van der Waals surface area contributed by atoms with Gasteiger partial charge in [-0.15, -0.1) is 24.0 Å². The van der Waals surface area contributed by atoms with E-state index in [0.717, 1.165) is 37.5 Å². The van der Waals surface area contributed by atoms with Crippen LogP contribution in [0.2, 0.25) is 0 Å². The Labute approximate surface area is 109 Å². The summed E-state index contributed by atoms with van der Waals surface area (Å²) >= 11 is 5.97. The fourth-order valence-electron chi connectivity index (χ4n) is 1.78. The standard InChI is InChI=1S/C12H11NO2S2/c1-6-3-9-10(15-5-14-9)4-8(6)11-13-7(2)12(16)17-11/h3-4,16H,5H2,1-2H3. The summed E-state index contributed by atoms with van der Waals surface area (Å²) < 4.78 is 11.7. The molecule has 0 bridgehead atoms. The first-order valence-corrected chi connectivity index (χ1v) is 6.48. The molecule has 3 nitrogen and oxygen atoms in total. The maximum atomic E-state index is 5.39. The average Bonchev–Trinajstić information content (AvgIpc) is 2.85. The van der Waals surface area contributed by atoms with Crippen LogP contribution in [0, 0.1) is 13.8 Å². The fourth-order valence-corrected chi connectivity index (χ4v) is 2.98. The Hall–Kier alpha value is -1.20. The predicted octanol–water partition coefficient (Wildman–Crippen LogP) is 3.44. The number of aryl methyl sites for hydroxylation is 2. The second kappa shape index (κ2) is 3.92. The third kappa shape index (κ3) is 1.79. The van der Waals surface area contributed by atoms with Gasteiger partial charge in [-0.1, -0.05) is 0 Å². The fraction of sp³-hybridized carbons (Fsp3) is 0.250. The number of rotatable bonds is 1. The number of hydrogen-bond acceptors (Lipinski definition) is 5. The summed E-state index contributed by atoms with van der Waals surface area (Å²) in [6, 6.07) is 3.98. The molecule has 0 amide bonds. The number of thiazole rings is 1. The number of ether oxygens (including phenoxy) is 2. The second-order valence-electron chi connectivity index (χ2n) is 3.93. The van der Waals surface area contributed by atoms with Crippen LogP contribution in [-0.2, 0) is 0 Å². The van der Waals surface area contributed by atoms with E-state index in [0.29, 0.717) is 6.79 Å². The zero-order chi connectivity index (χ0) is 12.0. The topological polar surface area (TPSA) is 31.4 Å². The SMILES string of the molecule is Cc1cc2c(cc1-c1nc(C)c(S)s1)OCO2. The molecule has 2 heterocycles. The molecule has 0 radical (unpaired) electrons. The molecule has 1 aromatic carbocycles. The Morgan fingerprint density at radius 3 is 2.59 bits per heavy atom. The first-order chi connectivity index (χ1) is 8.15. The van der Waals surface area contributed by atoms with Gasteiger partial charge in [-0.25, -0.2) is 4.98 Å². The maximum Gasteiger partial charge on any atom is 0.231 e. The molecule has 5 heteroatoms. The lowest BCUT2D eigenvalue weighted by Gasteiger charge is -2.04. The van der Waals surface area contributed by atoms with Crippen LogP contribution in [0.15, 0.2) is 16.3 Å². The molecule has 0 N–H and O–H groups in total. The molecule has 17 heavy (non-hydrogen) atoms. The van der Waals surface area contributed by atoms with Crippen LogP contribution in [0.1, 0.15) is 11.3 Å². The van der Waals surface area contributed by atoms with Gasteiger partial charge in [-0.05, 0) is 31.5 Å². The molecule has 1 aromatic heterocycles. The van der Waals surface area contributed by atoms with Crippen molar-refractivity contribution >= 4 is 24.0 Å². The molecule has 0 saturated heterocycles. The molecule has 1 aliphatic rings. The van der Waals surface area contributed by atoms with Crippen molar-refractivity contribution in [3.8, 4) is 22.1 Å². The first kappa shape index (κ1) is 10.9. The van der Waals surface area contributed by atoms with Crippen molar-refractivity contribution in [1.82, 2.24) is 4.98 Å². The number of nitrogens with zero attached hydrogens (tertiary/aromatic N) is 1. The van der Waals surface area contributed by atoms with Crippen molar-refractivity contribution in [2.24, 2.45) is 0 Å². The van der Waals surface area contributed by atoms with E-state index in [1.165, 1.54) is 0 Å². The molecular weight excluding hydrogens is 254 g/mol. The van der Waals surface area contributed by atoms with Crippen LogP contribution in [0.3, 0.4) is 0 Å². The van der Waals surface area contributed by atoms with E-state index >= 15 is 0 Å². The number of benzene rings is 1. The summed E-state index contributed by atoms with van der Waals surface area (Å²) in [4.78, 5) is 4.51. The van der Waals surface area contributed by atoms with E-state index in [1.807, 2.05) is 26.0 Å². The molecule has 2 aromatic rings. The van der Waals surface area contributed by atoms with Crippen LogP contribution < -0.4 is 9.47 Å². The van der Waals surface area contributed by atoms with Gasteiger partial charge in [0.05, 0.1) is 9.90 Å². The van der Waals surface area contributed by atoms with Crippen LogP contribution >= 0.6 is 24.0 Å². The van der Waals surface area contributed by atoms with E-state index < -0.39 is 0 Å². The minimum atomic E-state index is 0.299. The monoisotopic (exact) mass is 265 g/mol. The minimum Gasteiger partial charge on any atom is -0.454 e. The molecular formula is C12H11NO2S2. The Morgan fingerprint density at radius 2 is 1.94 bits per heavy atom. The summed E-state index contributed by atoms with van der Waals surface area (Å²) in [6.07, 6.45) is 0. The Balaban J connectivity index is 2.14. The van der Waals surface area contributed by atoms with E-state index in [2.05, 4.69) is 17.6 Å². The number of hydrogen-bond donors (Lipinski definition) is 1.